The number of halogens is 2. The Morgan fingerprint density at radius 3 is 1.21 bits per heavy atom. The summed E-state index contributed by atoms with van der Waals surface area (Å²) < 4.78 is 0. The Bertz CT molecular complexity index is 524. The second-order valence-electron chi connectivity index (χ2n) is 8.87. The van der Waals surface area contributed by atoms with Gasteiger partial charge in [0.05, 0.1) is 0 Å². The second kappa shape index (κ2) is 9.32. The molecule has 0 saturated heterocycles. The van der Waals surface area contributed by atoms with Crippen molar-refractivity contribution in [1.29, 1.82) is 0 Å². The number of allylic oxidation sites excluding steroid dienone is 8. The Morgan fingerprint density at radius 1 is 0.667 bits per heavy atom. The van der Waals surface area contributed by atoms with E-state index in [2.05, 4.69) is 76.7 Å². The molecule has 0 saturated carbocycles. The van der Waals surface area contributed by atoms with E-state index in [9.17, 15) is 0 Å². The molecule has 2 aliphatic carbocycles. The van der Waals surface area contributed by atoms with Gasteiger partial charge in [-0.05, 0) is 0 Å². The molecule has 0 unspecified atom stereocenters. The first-order valence-corrected chi connectivity index (χ1v) is 18.1. The third-order valence-electron chi connectivity index (χ3n) is 4.56. The second-order valence-corrected chi connectivity index (χ2v) is 23.2. The molecule has 0 heterocycles. The Hall–Kier alpha value is 1.06. The molecule has 0 spiro atoms. The van der Waals surface area contributed by atoms with Crippen LogP contribution in [0, 0.1) is 12.2 Å². The van der Waals surface area contributed by atoms with E-state index in [4.69, 9.17) is 0 Å². The maximum atomic E-state index is 3.70. The van der Waals surface area contributed by atoms with Crippen LogP contribution in [0.3, 0.4) is 0 Å². The summed E-state index contributed by atoms with van der Waals surface area (Å²) >= 11 is 0. The van der Waals surface area contributed by atoms with Crippen LogP contribution in [0.2, 0.25) is 52.4 Å². The molecular formula is C18H30Cl2HfSi3. The molecule has 0 aromatic carbocycles. The SMILES string of the molecule is C[Si](C)(C)C1=[C-]CC=C1[Si](C)(C)C1=CC[C-]=C1[Si](C)(C)C.[Cl-].[Cl-].[Hf+4]. The third-order valence-corrected chi connectivity index (χ3v) is 12.5. The van der Waals surface area contributed by atoms with E-state index in [1.807, 2.05) is 0 Å². The van der Waals surface area contributed by atoms with Crippen LogP contribution < -0.4 is 24.8 Å². The van der Waals surface area contributed by atoms with E-state index < -0.39 is 24.2 Å². The zero-order chi connectivity index (χ0) is 16.1. The van der Waals surface area contributed by atoms with Gasteiger partial charge in [0, 0.05) is 16.1 Å². The number of hydrogen-bond donors (Lipinski definition) is 0. The summed E-state index contributed by atoms with van der Waals surface area (Å²) in [6.07, 6.45) is 14.5. The first-order chi connectivity index (χ1) is 9.45. The molecule has 0 bridgehead atoms. The molecule has 6 heteroatoms. The van der Waals surface area contributed by atoms with Crippen molar-refractivity contribution in [1.82, 2.24) is 0 Å². The van der Waals surface area contributed by atoms with Gasteiger partial charge in [0.1, 0.15) is 0 Å². The van der Waals surface area contributed by atoms with E-state index >= 15 is 0 Å². The van der Waals surface area contributed by atoms with Crippen molar-refractivity contribution in [2.24, 2.45) is 0 Å². The van der Waals surface area contributed by atoms with Crippen LogP contribution in [0.5, 0.6) is 0 Å². The first-order valence-electron chi connectivity index (χ1n) is 8.10. The first kappa shape index (κ1) is 27.3. The molecule has 132 valence electrons. The summed E-state index contributed by atoms with van der Waals surface area (Å²) in [5.41, 5.74) is 0. The maximum absolute atomic E-state index is 3.70. The van der Waals surface area contributed by atoms with Crippen molar-refractivity contribution < 1.29 is 50.7 Å². The van der Waals surface area contributed by atoms with Gasteiger partial charge >= 0.3 is 25.8 Å². The molecule has 0 nitrogen and oxygen atoms in total. The molecule has 0 N–H and O–H groups in total. The summed E-state index contributed by atoms with van der Waals surface area (Å²) in [5, 5.41) is 6.60. The van der Waals surface area contributed by atoms with Gasteiger partial charge < -0.3 is 24.8 Å². The fourth-order valence-corrected chi connectivity index (χ4v) is 13.7. The van der Waals surface area contributed by atoms with Gasteiger partial charge in [-0.15, -0.1) is 12.8 Å². The zero-order valence-electron chi connectivity index (χ0n) is 16.3. The molecule has 0 aromatic heterocycles. The molecular weight excluding hydrogens is 550 g/mol. The van der Waals surface area contributed by atoms with Gasteiger partial charge in [-0.25, -0.2) is 20.8 Å². The van der Waals surface area contributed by atoms with Gasteiger partial charge in [-0.1, -0.05) is 60.4 Å². The van der Waals surface area contributed by atoms with Gasteiger partial charge in [0.15, 0.2) is 0 Å². The summed E-state index contributed by atoms with van der Waals surface area (Å²) in [6.45, 7) is 19.9. The van der Waals surface area contributed by atoms with Gasteiger partial charge in [0.2, 0.25) is 0 Å². The van der Waals surface area contributed by atoms with E-state index in [1.54, 1.807) is 20.8 Å². The third kappa shape index (κ3) is 5.53. The van der Waals surface area contributed by atoms with Gasteiger partial charge in [-0.2, -0.15) is 12.2 Å². The van der Waals surface area contributed by atoms with E-state index in [0.717, 1.165) is 12.8 Å². The maximum Gasteiger partial charge on any atom is 4.00 e. The van der Waals surface area contributed by atoms with Crippen LogP contribution in [0.4, 0.5) is 0 Å². The minimum absolute atomic E-state index is 0. The normalized spacial score (nSPS) is 17.7. The standard InChI is InChI=1S/C18H30Si3.2ClH.Hf/c1-19(2,3)15-11-9-13-17(15)21(7,8)18-14-10-12-16(18)20(4,5)6;;;/h13-14H,9-10H2,1-8H3;2*1H;/q-2;;;+4/p-2. The van der Waals surface area contributed by atoms with Gasteiger partial charge in [0.25, 0.3) is 0 Å². The molecule has 0 aromatic rings. The van der Waals surface area contributed by atoms with Crippen molar-refractivity contribution in [3.05, 3.63) is 45.1 Å². The largest absolute Gasteiger partial charge is 4.00 e. The van der Waals surface area contributed by atoms with Crippen LogP contribution in [0.25, 0.3) is 0 Å². The van der Waals surface area contributed by atoms with Crippen molar-refractivity contribution in [3.8, 4) is 0 Å². The Morgan fingerprint density at radius 2 is 0.958 bits per heavy atom. The monoisotopic (exact) mass is 580 g/mol. The molecule has 24 heavy (non-hydrogen) atoms. The topological polar surface area (TPSA) is 0 Å². The Labute approximate surface area is 184 Å². The number of hydrogen-bond acceptors (Lipinski definition) is 0. The molecule has 2 rings (SSSR count). The average molecular weight is 580 g/mol. The fraction of sp³-hybridized carbons (Fsp3) is 0.556. The minimum Gasteiger partial charge on any atom is -1.00 e. The van der Waals surface area contributed by atoms with E-state index in [1.165, 1.54) is 0 Å². The molecule has 0 amide bonds. The quantitative estimate of drug-likeness (QED) is 0.316. The van der Waals surface area contributed by atoms with Crippen molar-refractivity contribution in [2.75, 3.05) is 0 Å². The Balaban J connectivity index is 0. The van der Waals surface area contributed by atoms with E-state index in [-0.39, 0.29) is 50.7 Å². The average Bonchev–Trinajstić information content (AvgIpc) is 2.97. The van der Waals surface area contributed by atoms with Crippen LogP contribution in [0.1, 0.15) is 12.8 Å². The van der Waals surface area contributed by atoms with Crippen molar-refractivity contribution in [3.63, 3.8) is 0 Å². The van der Waals surface area contributed by atoms with Crippen molar-refractivity contribution in [2.45, 2.75) is 65.2 Å². The molecule has 0 aliphatic heterocycles. The summed E-state index contributed by atoms with van der Waals surface area (Å²) in [5.74, 6) is 0. The molecule has 0 atom stereocenters. The van der Waals surface area contributed by atoms with Crippen molar-refractivity contribution >= 4 is 24.2 Å². The predicted octanol–water partition coefficient (Wildman–Crippen LogP) is -0.347. The summed E-state index contributed by atoms with van der Waals surface area (Å²) in [7, 11) is -4.17. The fourth-order valence-electron chi connectivity index (χ4n) is 3.52. The minimum atomic E-state index is -1.59. The Kier molecular flexibility index (Phi) is 10.6. The van der Waals surface area contributed by atoms with Crippen LogP contribution in [-0.2, 0) is 25.8 Å². The van der Waals surface area contributed by atoms with Crippen LogP contribution in [-0.4, -0.2) is 24.2 Å². The molecule has 0 radical (unpaired) electrons. The van der Waals surface area contributed by atoms with Crippen LogP contribution in [0.15, 0.2) is 32.9 Å². The molecule has 0 fully saturated rings. The van der Waals surface area contributed by atoms with Crippen LogP contribution >= 0.6 is 0 Å². The number of rotatable bonds is 4. The predicted molar refractivity (Wildman–Crippen MR) is 103 cm³/mol. The summed E-state index contributed by atoms with van der Waals surface area (Å²) in [6, 6.07) is 0. The molecule has 2 aliphatic rings. The zero-order valence-corrected chi connectivity index (χ0v) is 24.4. The summed E-state index contributed by atoms with van der Waals surface area (Å²) in [4.78, 5) is 0. The van der Waals surface area contributed by atoms with Gasteiger partial charge in [-0.3, -0.25) is 12.2 Å². The smallest absolute Gasteiger partial charge is 1.00 e. The van der Waals surface area contributed by atoms with E-state index in [0.29, 0.717) is 0 Å².